The molecule has 1 saturated heterocycles. The molecule has 9 heteroatoms. The van der Waals surface area contributed by atoms with Crippen molar-refractivity contribution in [2.75, 3.05) is 27.3 Å². The molecule has 172 valence electrons. The first-order valence-corrected chi connectivity index (χ1v) is 10.5. The number of nitro groups is 1. The van der Waals surface area contributed by atoms with Gasteiger partial charge in [0.15, 0.2) is 11.5 Å². The number of hydrogen-bond donors (Lipinski definition) is 0. The Morgan fingerprint density at radius 2 is 1.88 bits per heavy atom. The van der Waals surface area contributed by atoms with Gasteiger partial charge in [-0.2, -0.15) is 0 Å². The number of nitro benzene ring substituents is 1. The number of para-hydroxylation sites is 1. The minimum absolute atomic E-state index is 0.0628. The zero-order valence-electron chi connectivity index (χ0n) is 18.7. The van der Waals surface area contributed by atoms with E-state index in [2.05, 4.69) is 6.58 Å². The van der Waals surface area contributed by atoms with E-state index in [4.69, 9.17) is 9.47 Å². The maximum Gasteiger partial charge on any atom is 0.275 e. The smallest absolute Gasteiger partial charge is 0.275 e. The predicted molar refractivity (Wildman–Crippen MR) is 120 cm³/mol. The van der Waals surface area contributed by atoms with Gasteiger partial charge in [0.1, 0.15) is 11.6 Å². The lowest BCUT2D eigenvalue weighted by Crippen LogP contribution is -2.67. The number of ether oxygens (including phenoxy) is 2. The van der Waals surface area contributed by atoms with Crippen molar-refractivity contribution in [3.05, 3.63) is 75.9 Å². The van der Waals surface area contributed by atoms with Crippen molar-refractivity contribution in [1.82, 2.24) is 9.80 Å². The number of methoxy groups -OCH3 is 2. The molecule has 33 heavy (non-hydrogen) atoms. The van der Waals surface area contributed by atoms with Gasteiger partial charge in [0.25, 0.3) is 17.5 Å². The summed E-state index contributed by atoms with van der Waals surface area (Å²) < 4.78 is 10.9. The van der Waals surface area contributed by atoms with E-state index in [0.29, 0.717) is 30.0 Å². The number of carbonyl (C=O) groups is 2. The summed E-state index contributed by atoms with van der Waals surface area (Å²) in [7, 11) is 3.05. The first kappa shape index (κ1) is 22.3. The summed E-state index contributed by atoms with van der Waals surface area (Å²) in [6.07, 6.45) is 2.03. The van der Waals surface area contributed by atoms with Gasteiger partial charge in [0.2, 0.25) is 0 Å². The van der Waals surface area contributed by atoms with Crippen LogP contribution in [0.25, 0.3) is 0 Å². The first-order valence-electron chi connectivity index (χ1n) is 10.5. The van der Waals surface area contributed by atoms with Crippen LogP contribution in [0.1, 0.15) is 29.7 Å². The van der Waals surface area contributed by atoms with Crippen molar-refractivity contribution in [2.24, 2.45) is 0 Å². The maximum atomic E-state index is 14.0. The van der Waals surface area contributed by atoms with Gasteiger partial charge in [0, 0.05) is 19.2 Å². The van der Waals surface area contributed by atoms with Gasteiger partial charge >= 0.3 is 0 Å². The highest BCUT2D eigenvalue weighted by atomic mass is 16.6. The van der Waals surface area contributed by atoms with Crippen LogP contribution in [-0.4, -0.2) is 53.8 Å². The third kappa shape index (κ3) is 3.23. The molecular weight excluding hydrogens is 426 g/mol. The van der Waals surface area contributed by atoms with Gasteiger partial charge in [-0.3, -0.25) is 19.7 Å². The maximum absolute atomic E-state index is 14.0. The Morgan fingerprint density at radius 3 is 2.52 bits per heavy atom. The van der Waals surface area contributed by atoms with Crippen LogP contribution in [0.3, 0.4) is 0 Å². The number of rotatable bonds is 6. The highest BCUT2D eigenvalue weighted by molar-refractivity contribution is 6.02. The fourth-order valence-corrected chi connectivity index (χ4v) is 4.93. The van der Waals surface area contributed by atoms with Crippen LogP contribution in [0.5, 0.6) is 11.5 Å². The lowest BCUT2D eigenvalue weighted by molar-refractivity contribution is -0.385. The quantitative estimate of drug-likeness (QED) is 0.380. The molecule has 0 aliphatic carbocycles. The monoisotopic (exact) mass is 451 g/mol. The van der Waals surface area contributed by atoms with Crippen LogP contribution in [-0.2, 0) is 21.5 Å². The van der Waals surface area contributed by atoms with Gasteiger partial charge in [0.05, 0.1) is 24.7 Å². The van der Waals surface area contributed by atoms with E-state index >= 15 is 0 Å². The Balaban J connectivity index is 1.91. The Kier molecular flexibility index (Phi) is 5.57. The molecule has 2 aromatic carbocycles. The van der Waals surface area contributed by atoms with Crippen molar-refractivity contribution in [1.29, 1.82) is 0 Å². The van der Waals surface area contributed by atoms with Crippen molar-refractivity contribution >= 4 is 17.5 Å². The second kappa shape index (κ2) is 8.23. The van der Waals surface area contributed by atoms with Crippen LogP contribution in [0.4, 0.5) is 5.69 Å². The third-order valence-electron chi connectivity index (χ3n) is 6.52. The molecule has 2 aliphatic heterocycles. The number of nitrogens with zero attached hydrogens (tertiary/aromatic N) is 3. The van der Waals surface area contributed by atoms with Crippen molar-refractivity contribution < 1.29 is 24.0 Å². The molecule has 0 N–H and O–H groups in total. The molecule has 0 aromatic heterocycles. The van der Waals surface area contributed by atoms with Gasteiger partial charge in [-0.15, -0.1) is 6.58 Å². The van der Waals surface area contributed by atoms with Gasteiger partial charge in [-0.1, -0.05) is 18.2 Å². The molecule has 2 aromatic rings. The molecular formula is C24H25N3O6. The van der Waals surface area contributed by atoms with Crippen molar-refractivity contribution in [2.45, 2.75) is 24.9 Å². The van der Waals surface area contributed by atoms with E-state index in [-0.39, 0.29) is 29.6 Å². The highest BCUT2D eigenvalue weighted by Gasteiger charge is 2.57. The van der Waals surface area contributed by atoms with E-state index in [9.17, 15) is 19.7 Å². The molecule has 2 heterocycles. The largest absolute Gasteiger partial charge is 0.493 e. The number of amides is 2. The minimum Gasteiger partial charge on any atom is -0.493 e. The summed E-state index contributed by atoms with van der Waals surface area (Å²) in [5.41, 5.74) is 0.218. The molecule has 0 saturated carbocycles. The lowest BCUT2D eigenvalue weighted by atomic mass is 9.77. The molecule has 1 fully saturated rings. The lowest BCUT2D eigenvalue weighted by Gasteiger charge is -2.53. The van der Waals surface area contributed by atoms with Crippen LogP contribution in [0.15, 0.2) is 49.1 Å². The topological polar surface area (TPSA) is 102 Å². The molecule has 0 radical (unpaired) electrons. The second-order valence-corrected chi connectivity index (χ2v) is 8.14. The average Bonchev–Trinajstić information content (AvgIpc) is 2.82. The van der Waals surface area contributed by atoms with Crippen LogP contribution in [0.2, 0.25) is 0 Å². The van der Waals surface area contributed by atoms with Gasteiger partial charge in [-0.05, 0) is 42.7 Å². The molecule has 2 unspecified atom stereocenters. The molecule has 4 rings (SSSR count). The SMILES string of the molecule is C=CCN1C(=O)C2(C)c3cc(OC)c(OC)cc3CCN2C(=O)C1c1ccccc1[N+](=O)[O-]. The van der Waals surface area contributed by atoms with E-state index in [1.807, 2.05) is 6.07 Å². The summed E-state index contributed by atoms with van der Waals surface area (Å²) in [6.45, 7) is 5.80. The predicted octanol–water partition coefficient (Wildman–Crippen LogP) is 2.98. The van der Waals surface area contributed by atoms with Crippen LogP contribution in [0, 0.1) is 10.1 Å². The zero-order valence-corrected chi connectivity index (χ0v) is 18.7. The molecule has 9 nitrogen and oxygen atoms in total. The number of hydrogen-bond acceptors (Lipinski definition) is 6. The summed E-state index contributed by atoms with van der Waals surface area (Å²) >= 11 is 0. The summed E-state index contributed by atoms with van der Waals surface area (Å²) in [5, 5.41) is 11.7. The van der Waals surface area contributed by atoms with E-state index in [0.717, 1.165) is 5.56 Å². The highest BCUT2D eigenvalue weighted by Crippen LogP contribution is 2.48. The summed E-state index contributed by atoms with van der Waals surface area (Å²) in [6, 6.07) is 8.49. The Morgan fingerprint density at radius 1 is 1.21 bits per heavy atom. The van der Waals surface area contributed by atoms with Crippen molar-refractivity contribution in [3.63, 3.8) is 0 Å². The minimum atomic E-state index is -1.30. The number of fused-ring (bicyclic) bond motifs is 3. The van der Waals surface area contributed by atoms with Gasteiger partial charge in [-0.25, -0.2) is 0 Å². The molecule has 2 atom stereocenters. The Bertz CT molecular complexity index is 1160. The number of piperazine rings is 1. The standard InChI is InChI=1S/C24H25N3O6/c1-5-11-25-21(16-8-6-7-9-18(16)27(30)31)22(28)26-12-10-15-13-19(32-3)20(33-4)14-17(15)24(26,2)23(25)29/h5-9,13-14,21H,1,10-12H2,2-4H3. The normalized spacial score (nSPS) is 21.8. The molecule has 2 aliphatic rings. The Labute approximate surface area is 191 Å². The molecule has 2 amide bonds. The number of carbonyl (C=O) groups excluding carboxylic acids is 2. The second-order valence-electron chi connectivity index (χ2n) is 8.14. The summed E-state index contributed by atoms with van der Waals surface area (Å²) in [5.74, 6) is 0.297. The molecule has 0 bridgehead atoms. The van der Waals surface area contributed by atoms with E-state index in [1.165, 1.54) is 41.2 Å². The first-order chi connectivity index (χ1) is 15.8. The van der Waals surface area contributed by atoms with E-state index < -0.39 is 16.5 Å². The zero-order chi connectivity index (χ0) is 23.9. The Hall–Kier alpha value is -3.88. The molecule has 0 spiro atoms. The van der Waals surface area contributed by atoms with Crippen LogP contribution < -0.4 is 9.47 Å². The average molecular weight is 451 g/mol. The fraction of sp³-hybridized carbons (Fsp3) is 0.333. The van der Waals surface area contributed by atoms with E-state index in [1.54, 1.807) is 26.2 Å². The van der Waals surface area contributed by atoms with Gasteiger partial charge < -0.3 is 19.3 Å². The summed E-state index contributed by atoms with van der Waals surface area (Å²) in [4.78, 5) is 42.0. The third-order valence-corrected chi connectivity index (χ3v) is 6.52. The van der Waals surface area contributed by atoms with Crippen molar-refractivity contribution in [3.8, 4) is 11.5 Å². The van der Waals surface area contributed by atoms with Crippen LogP contribution >= 0.6 is 0 Å². The number of benzene rings is 2. The fourth-order valence-electron chi connectivity index (χ4n) is 4.93.